The number of ether oxygens (including phenoxy) is 1. The highest BCUT2D eigenvalue weighted by atomic mass is 16.6. The lowest BCUT2D eigenvalue weighted by molar-refractivity contribution is -0.384. The summed E-state index contributed by atoms with van der Waals surface area (Å²) in [5, 5.41) is 50.2. The van der Waals surface area contributed by atoms with Crippen molar-refractivity contribution in [3.8, 4) is 40.1 Å². The molecule has 0 unspecified atom stereocenters. The molecule has 4 N–H and O–H groups in total. The number of hydrogen-bond donors (Lipinski definition) is 4. The van der Waals surface area contributed by atoms with Crippen LogP contribution < -0.4 is 10.2 Å². The number of phenolic OH excluding ortho intramolecular Hbond substituents is 3. The molecule has 0 radical (unpaired) electrons. The lowest BCUT2D eigenvalue weighted by Gasteiger charge is -2.11. The average molecular weight is 437 g/mol. The molecule has 10 nitrogen and oxygen atoms in total. The fraction of sp³-hybridized carbons (Fsp3) is 0.0455. The first-order valence-corrected chi connectivity index (χ1v) is 9.16. The van der Waals surface area contributed by atoms with E-state index in [9.17, 15) is 35.3 Å². The van der Waals surface area contributed by atoms with E-state index in [0.29, 0.717) is 5.56 Å². The van der Waals surface area contributed by atoms with Gasteiger partial charge in [-0.15, -0.1) is 0 Å². The maximum Gasteiger partial charge on any atom is 0.269 e. The zero-order chi connectivity index (χ0) is 23.0. The zero-order valence-corrected chi connectivity index (χ0v) is 16.2. The van der Waals surface area contributed by atoms with Gasteiger partial charge in [0.15, 0.2) is 17.3 Å². The maximum atomic E-state index is 12.6. The highest BCUT2D eigenvalue weighted by molar-refractivity contribution is 5.88. The number of hydrogen-bond acceptors (Lipinski definition) is 9. The van der Waals surface area contributed by atoms with E-state index in [1.807, 2.05) is 0 Å². The third-order valence-electron chi connectivity index (χ3n) is 4.71. The molecule has 0 saturated carbocycles. The molecule has 0 aliphatic heterocycles. The molecule has 0 aliphatic rings. The summed E-state index contributed by atoms with van der Waals surface area (Å²) in [5.41, 5.74) is -0.301. The molecule has 0 spiro atoms. The van der Waals surface area contributed by atoms with Crippen molar-refractivity contribution < 1.29 is 34.5 Å². The second-order valence-electron chi connectivity index (χ2n) is 6.84. The summed E-state index contributed by atoms with van der Waals surface area (Å²) in [6, 6.07) is 11.8. The fourth-order valence-electron chi connectivity index (χ4n) is 3.09. The van der Waals surface area contributed by atoms with E-state index in [0.717, 1.165) is 12.1 Å². The van der Waals surface area contributed by atoms with Gasteiger partial charge >= 0.3 is 0 Å². The topological polar surface area (TPSA) is 164 Å². The van der Waals surface area contributed by atoms with Crippen LogP contribution in [0.4, 0.5) is 5.69 Å². The Labute approximate surface area is 179 Å². The molecule has 162 valence electrons. The monoisotopic (exact) mass is 437 g/mol. The predicted molar refractivity (Wildman–Crippen MR) is 112 cm³/mol. The number of non-ortho nitro benzene ring substituents is 1. The van der Waals surface area contributed by atoms with Crippen LogP contribution >= 0.6 is 0 Å². The third kappa shape index (κ3) is 3.72. The van der Waals surface area contributed by atoms with Crippen molar-refractivity contribution in [2.45, 2.75) is 6.61 Å². The highest BCUT2D eigenvalue weighted by Crippen LogP contribution is 2.38. The summed E-state index contributed by atoms with van der Waals surface area (Å²) < 4.78 is 11.2. The number of nitro benzene ring substituents is 1. The smallest absolute Gasteiger partial charge is 0.269 e. The largest absolute Gasteiger partial charge is 0.507 e. The molecule has 0 bridgehead atoms. The van der Waals surface area contributed by atoms with Crippen LogP contribution in [-0.2, 0) is 6.61 Å². The first-order chi connectivity index (χ1) is 15.2. The van der Waals surface area contributed by atoms with Gasteiger partial charge in [0.2, 0.25) is 11.2 Å². The summed E-state index contributed by atoms with van der Waals surface area (Å²) >= 11 is 0. The first kappa shape index (κ1) is 20.5. The van der Waals surface area contributed by atoms with Crippen LogP contribution in [-0.4, -0.2) is 25.3 Å². The molecular formula is C22H15NO9. The van der Waals surface area contributed by atoms with E-state index in [1.54, 1.807) is 0 Å². The number of phenols is 3. The van der Waals surface area contributed by atoms with Crippen LogP contribution in [0.2, 0.25) is 0 Å². The summed E-state index contributed by atoms with van der Waals surface area (Å²) in [6.07, 6.45) is 0. The Balaban J connectivity index is 1.71. The molecule has 3 aromatic carbocycles. The van der Waals surface area contributed by atoms with E-state index in [4.69, 9.17) is 9.15 Å². The molecular weight excluding hydrogens is 422 g/mol. The highest BCUT2D eigenvalue weighted by Gasteiger charge is 2.20. The van der Waals surface area contributed by atoms with E-state index in [1.165, 1.54) is 42.5 Å². The van der Waals surface area contributed by atoms with Gasteiger partial charge in [-0.05, 0) is 35.9 Å². The Hall–Kier alpha value is -4.73. The Kier molecular flexibility index (Phi) is 5.03. The fourth-order valence-corrected chi connectivity index (χ4v) is 3.09. The molecule has 1 aromatic heterocycles. The number of nitrogens with zero attached hydrogens (tertiary/aromatic N) is 1. The van der Waals surface area contributed by atoms with Gasteiger partial charge in [-0.25, -0.2) is 0 Å². The van der Waals surface area contributed by atoms with Crippen LogP contribution in [0, 0.1) is 10.1 Å². The zero-order valence-electron chi connectivity index (χ0n) is 16.2. The summed E-state index contributed by atoms with van der Waals surface area (Å²) in [6.45, 7) is 0.0178. The molecule has 10 heteroatoms. The summed E-state index contributed by atoms with van der Waals surface area (Å²) in [4.78, 5) is 22.8. The van der Waals surface area contributed by atoms with Crippen molar-refractivity contribution in [1.82, 2.24) is 0 Å². The van der Waals surface area contributed by atoms with Gasteiger partial charge in [0.1, 0.15) is 29.1 Å². The van der Waals surface area contributed by atoms with E-state index >= 15 is 0 Å². The van der Waals surface area contributed by atoms with Gasteiger partial charge < -0.3 is 29.6 Å². The van der Waals surface area contributed by atoms with E-state index < -0.39 is 33.4 Å². The predicted octanol–water partition coefficient (Wildman–Crippen LogP) is 3.77. The Morgan fingerprint density at radius 2 is 1.62 bits per heavy atom. The average Bonchev–Trinajstić information content (AvgIpc) is 2.76. The van der Waals surface area contributed by atoms with Crippen molar-refractivity contribution in [2.75, 3.05) is 0 Å². The lowest BCUT2D eigenvalue weighted by Crippen LogP contribution is -2.04. The number of aromatic hydroxyl groups is 4. The molecule has 32 heavy (non-hydrogen) atoms. The molecule has 0 saturated heterocycles. The van der Waals surface area contributed by atoms with Crippen LogP contribution in [0.25, 0.3) is 22.3 Å². The van der Waals surface area contributed by atoms with Crippen molar-refractivity contribution in [2.24, 2.45) is 0 Å². The van der Waals surface area contributed by atoms with E-state index in [2.05, 4.69) is 0 Å². The summed E-state index contributed by atoms with van der Waals surface area (Å²) in [5.74, 6) is -2.27. The Morgan fingerprint density at radius 3 is 2.28 bits per heavy atom. The minimum atomic E-state index is -0.895. The van der Waals surface area contributed by atoms with Crippen molar-refractivity contribution in [3.63, 3.8) is 0 Å². The standard InChI is InChI=1S/C22H15NO9/c24-15-6-3-12(7-16(15)25)22-21(28)20(27)19-17(26)8-14(9-18(19)32-22)31-10-11-1-4-13(5-2-11)23(29)30/h1-9,24-26,28H,10H2. The third-order valence-corrected chi connectivity index (χ3v) is 4.71. The Morgan fingerprint density at radius 1 is 0.906 bits per heavy atom. The maximum absolute atomic E-state index is 12.6. The van der Waals surface area contributed by atoms with Gasteiger partial charge in [-0.3, -0.25) is 14.9 Å². The normalized spacial score (nSPS) is 10.9. The molecule has 0 atom stereocenters. The number of rotatable bonds is 5. The van der Waals surface area contributed by atoms with Gasteiger partial charge in [-0.1, -0.05) is 0 Å². The van der Waals surface area contributed by atoms with Crippen LogP contribution in [0.5, 0.6) is 28.7 Å². The minimum Gasteiger partial charge on any atom is -0.507 e. The molecule has 0 fully saturated rings. The SMILES string of the molecule is O=c1c(O)c(-c2ccc(O)c(O)c2)oc2cc(OCc3ccc([N+](=O)[O-])cc3)cc(O)c12. The quantitative estimate of drug-likeness (QED) is 0.207. The lowest BCUT2D eigenvalue weighted by atomic mass is 10.1. The second-order valence-corrected chi connectivity index (χ2v) is 6.84. The van der Waals surface area contributed by atoms with E-state index in [-0.39, 0.29) is 40.3 Å². The number of nitro groups is 1. The van der Waals surface area contributed by atoms with Crippen molar-refractivity contribution in [3.05, 3.63) is 80.5 Å². The number of benzene rings is 3. The molecule has 0 aliphatic carbocycles. The van der Waals surface area contributed by atoms with Gasteiger partial charge in [0, 0.05) is 29.8 Å². The molecule has 1 heterocycles. The van der Waals surface area contributed by atoms with Crippen LogP contribution in [0.15, 0.2) is 63.8 Å². The van der Waals surface area contributed by atoms with Gasteiger partial charge in [0.25, 0.3) is 5.69 Å². The van der Waals surface area contributed by atoms with Gasteiger partial charge in [-0.2, -0.15) is 0 Å². The minimum absolute atomic E-state index is 0.0178. The van der Waals surface area contributed by atoms with Crippen molar-refractivity contribution >= 4 is 16.7 Å². The molecule has 0 amide bonds. The first-order valence-electron chi connectivity index (χ1n) is 9.16. The molecule has 4 rings (SSSR count). The molecule has 4 aromatic rings. The number of fused-ring (bicyclic) bond motifs is 1. The van der Waals surface area contributed by atoms with Gasteiger partial charge in [0.05, 0.1) is 4.92 Å². The van der Waals surface area contributed by atoms with Crippen LogP contribution in [0.1, 0.15) is 5.56 Å². The summed E-state index contributed by atoms with van der Waals surface area (Å²) in [7, 11) is 0. The Bertz CT molecular complexity index is 1410. The second kappa shape index (κ2) is 7.84. The van der Waals surface area contributed by atoms with Crippen LogP contribution in [0.3, 0.4) is 0 Å². The van der Waals surface area contributed by atoms with Crippen molar-refractivity contribution in [1.29, 1.82) is 0 Å².